The maximum Gasteiger partial charge on any atom is 0.233 e. The molecule has 0 radical (unpaired) electrons. The highest BCUT2D eigenvalue weighted by Gasteiger charge is 2.25. The molecule has 1 aromatic rings. The number of likely N-dealkylation sites (tertiary alicyclic amines) is 1. The van der Waals surface area contributed by atoms with Gasteiger partial charge in [0, 0.05) is 32.5 Å². The third-order valence-electron chi connectivity index (χ3n) is 4.26. The fourth-order valence-corrected chi connectivity index (χ4v) is 3.70. The zero-order valence-electron chi connectivity index (χ0n) is 13.8. The Hall–Kier alpha value is -1.57. The topological polar surface area (TPSA) is 94.1 Å². The first-order valence-corrected chi connectivity index (χ1v) is 9.10. The smallest absolute Gasteiger partial charge is 0.233 e. The lowest BCUT2D eigenvalue weighted by Gasteiger charge is -2.35. The normalized spacial score (nSPS) is 18.2. The lowest BCUT2D eigenvalue weighted by Crippen LogP contribution is -2.44. The second-order valence-electron chi connectivity index (χ2n) is 5.86. The molecular formula is C15H25N5O2S. The van der Waals surface area contributed by atoms with E-state index in [2.05, 4.69) is 17.1 Å². The standard InChI is InChI=1S/C15H25N5O2S/c1-3-11-6-4-5-9-20(11)14(22)10-23-15-18-17-13(19(15)2)8-7-12(16)21/h11H,3-10H2,1-2H3,(H2,16,21)/t11-/m0/s1. The third-order valence-corrected chi connectivity index (χ3v) is 5.27. The van der Waals surface area contributed by atoms with Crippen molar-refractivity contribution >= 4 is 23.6 Å². The number of amides is 2. The van der Waals surface area contributed by atoms with Gasteiger partial charge in [0.15, 0.2) is 5.16 Å². The minimum atomic E-state index is -0.354. The predicted molar refractivity (Wildman–Crippen MR) is 88.9 cm³/mol. The van der Waals surface area contributed by atoms with Crippen molar-refractivity contribution in [2.24, 2.45) is 12.8 Å². The van der Waals surface area contributed by atoms with Gasteiger partial charge >= 0.3 is 0 Å². The van der Waals surface area contributed by atoms with Crippen LogP contribution in [-0.4, -0.2) is 49.8 Å². The second kappa shape index (κ2) is 8.33. The molecule has 1 aliphatic heterocycles. The van der Waals surface area contributed by atoms with Gasteiger partial charge in [-0.05, 0) is 25.7 Å². The van der Waals surface area contributed by atoms with Crippen molar-refractivity contribution in [2.75, 3.05) is 12.3 Å². The monoisotopic (exact) mass is 339 g/mol. The summed E-state index contributed by atoms with van der Waals surface area (Å²) in [5.41, 5.74) is 5.15. The predicted octanol–water partition coefficient (Wildman–Crippen LogP) is 1.12. The number of carbonyl (C=O) groups is 2. The van der Waals surface area contributed by atoms with Crippen molar-refractivity contribution in [3.8, 4) is 0 Å². The summed E-state index contributed by atoms with van der Waals surface area (Å²) >= 11 is 1.40. The van der Waals surface area contributed by atoms with Gasteiger partial charge in [0.25, 0.3) is 0 Å². The Labute approximate surface area is 141 Å². The maximum absolute atomic E-state index is 12.5. The van der Waals surface area contributed by atoms with Crippen LogP contribution in [0.2, 0.25) is 0 Å². The summed E-state index contributed by atoms with van der Waals surface area (Å²) in [6, 6.07) is 0.377. The van der Waals surface area contributed by atoms with E-state index in [1.54, 1.807) is 0 Å². The van der Waals surface area contributed by atoms with E-state index in [1.165, 1.54) is 18.2 Å². The van der Waals surface area contributed by atoms with E-state index < -0.39 is 0 Å². The molecule has 2 amide bonds. The number of hydrogen-bond acceptors (Lipinski definition) is 5. The van der Waals surface area contributed by atoms with Crippen molar-refractivity contribution in [1.82, 2.24) is 19.7 Å². The average Bonchev–Trinajstić information content (AvgIpc) is 2.90. The molecule has 2 N–H and O–H groups in total. The Balaban J connectivity index is 1.90. The summed E-state index contributed by atoms with van der Waals surface area (Å²) < 4.78 is 1.83. The minimum absolute atomic E-state index is 0.170. The summed E-state index contributed by atoms with van der Waals surface area (Å²) in [6.45, 7) is 3.00. The molecule has 0 aromatic carbocycles. The van der Waals surface area contributed by atoms with Gasteiger partial charge in [0.1, 0.15) is 5.82 Å². The van der Waals surface area contributed by atoms with Gasteiger partial charge in [0.05, 0.1) is 5.75 Å². The van der Waals surface area contributed by atoms with Crippen LogP contribution in [0.3, 0.4) is 0 Å². The number of aromatic nitrogens is 3. The molecule has 2 rings (SSSR count). The van der Waals surface area contributed by atoms with Gasteiger partial charge < -0.3 is 15.2 Å². The molecular weight excluding hydrogens is 314 g/mol. The molecule has 0 spiro atoms. The Bertz CT molecular complexity index is 560. The van der Waals surface area contributed by atoms with E-state index in [-0.39, 0.29) is 18.2 Å². The van der Waals surface area contributed by atoms with Crippen molar-refractivity contribution < 1.29 is 9.59 Å². The lowest BCUT2D eigenvalue weighted by molar-refractivity contribution is -0.132. The molecule has 1 saturated heterocycles. The van der Waals surface area contributed by atoms with Gasteiger partial charge in [-0.25, -0.2) is 0 Å². The van der Waals surface area contributed by atoms with Crippen LogP contribution in [0.25, 0.3) is 0 Å². The highest BCUT2D eigenvalue weighted by molar-refractivity contribution is 7.99. The summed E-state index contributed by atoms with van der Waals surface area (Å²) in [6.07, 6.45) is 5.14. The van der Waals surface area contributed by atoms with Gasteiger partial charge in [-0.1, -0.05) is 18.7 Å². The molecule has 128 valence electrons. The summed E-state index contributed by atoms with van der Waals surface area (Å²) in [7, 11) is 1.85. The van der Waals surface area contributed by atoms with Gasteiger partial charge in [0.2, 0.25) is 11.8 Å². The number of primary amides is 1. The van der Waals surface area contributed by atoms with Gasteiger partial charge in [-0.3, -0.25) is 9.59 Å². The minimum Gasteiger partial charge on any atom is -0.370 e. The van der Waals surface area contributed by atoms with E-state index in [0.29, 0.717) is 29.2 Å². The highest BCUT2D eigenvalue weighted by atomic mass is 32.2. The SMILES string of the molecule is CC[C@H]1CCCCN1C(=O)CSc1nnc(CCC(N)=O)n1C. The molecule has 1 aliphatic rings. The molecule has 1 atom stereocenters. The van der Waals surface area contributed by atoms with Crippen LogP contribution in [0.4, 0.5) is 0 Å². The first kappa shape index (κ1) is 17.8. The van der Waals surface area contributed by atoms with Crippen molar-refractivity contribution in [3.05, 3.63) is 5.82 Å². The molecule has 0 unspecified atom stereocenters. The molecule has 0 bridgehead atoms. The molecule has 0 saturated carbocycles. The zero-order chi connectivity index (χ0) is 16.8. The van der Waals surface area contributed by atoms with Crippen molar-refractivity contribution in [3.63, 3.8) is 0 Å². The number of piperidine rings is 1. The second-order valence-corrected chi connectivity index (χ2v) is 6.80. The lowest BCUT2D eigenvalue weighted by atomic mass is 10.0. The Morgan fingerprint density at radius 1 is 1.35 bits per heavy atom. The molecule has 7 nitrogen and oxygen atoms in total. The Morgan fingerprint density at radius 2 is 2.13 bits per heavy atom. The van der Waals surface area contributed by atoms with Crippen molar-refractivity contribution in [2.45, 2.75) is 56.6 Å². The van der Waals surface area contributed by atoms with Crippen LogP contribution in [0, 0.1) is 0 Å². The first-order chi connectivity index (χ1) is 11.0. The number of carbonyl (C=O) groups excluding carboxylic acids is 2. The molecule has 1 fully saturated rings. The van der Waals surface area contributed by atoms with E-state index in [0.717, 1.165) is 25.8 Å². The molecule has 2 heterocycles. The number of aryl methyl sites for hydroxylation is 1. The van der Waals surface area contributed by atoms with Crippen LogP contribution >= 0.6 is 11.8 Å². The molecule has 8 heteroatoms. The van der Waals surface area contributed by atoms with Crippen LogP contribution in [-0.2, 0) is 23.1 Å². The molecule has 1 aromatic heterocycles. The van der Waals surface area contributed by atoms with Crippen LogP contribution in [0.5, 0.6) is 0 Å². The third kappa shape index (κ3) is 4.70. The largest absolute Gasteiger partial charge is 0.370 e. The quantitative estimate of drug-likeness (QED) is 0.751. The van der Waals surface area contributed by atoms with Crippen LogP contribution in [0.15, 0.2) is 5.16 Å². The van der Waals surface area contributed by atoms with Gasteiger partial charge in [-0.2, -0.15) is 0 Å². The number of nitrogens with two attached hydrogens (primary N) is 1. The Kier molecular flexibility index (Phi) is 6.44. The van der Waals surface area contributed by atoms with Gasteiger partial charge in [-0.15, -0.1) is 10.2 Å². The number of rotatable bonds is 7. The molecule has 23 heavy (non-hydrogen) atoms. The first-order valence-electron chi connectivity index (χ1n) is 8.11. The number of thioether (sulfide) groups is 1. The average molecular weight is 339 g/mol. The fraction of sp³-hybridized carbons (Fsp3) is 0.733. The van der Waals surface area contributed by atoms with Crippen LogP contribution in [0.1, 0.15) is 44.9 Å². The Morgan fingerprint density at radius 3 is 2.83 bits per heavy atom. The van der Waals surface area contributed by atoms with Crippen LogP contribution < -0.4 is 5.73 Å². The number of nitrogens with zero attached hydrogens (tertiary/aromatic N) is 4. The van der Waals surface area contributed by atoms with E-state index in [9.17, 15) is 9.59 Å². The molecule has 0 aliphatic carbocycles. The summed E-state index contributed by atoms with van der Waals surface area (Å²) in [4.78, 5) is 25.3. The summed E-state index contributed by atoms with van der Waals surface area (Å²) in [5, 5.41) is 8.87. The van der Waals surface area contributed by atoms with E-state index in [4.69, 9.17) is 5.73 Å². The summed E-state index contributed by atoms with van der Waals surface area (Å²) in [5.74, 6) is 0.901. The maximum atomic E-state index is 12.5. The fourth-order valence-electron chi connectivity index (χ4n) is 2.89. The highest BCUT2D eigenvalue weighted by Crippen LogP contribution is 2.22. The van der Waals surface area contributed by atoms with Crippen molar-refractivity contribution in [1.29, 1.82) is 0 Å². The zero-order valence-corrected chi connectivity index (χ0v) is 14.6. The number of hydrogen-bond donors (Lipinski definition) is 1. The van der Waals surface area contributed by atoms with E-state index >= 15 is 0 Å². The van der Waals surface area contributed by atoms with E-state index in [1.807, 2.05) is 16.5 Å².